The van der Waals surface area contributed by atoms with Crippen LogP contribution in [0.3, 0.4) is 0 Å². The van der Waals surface area contributed by atoms with Crippen LogP contribution >= 0.6 is 7.44 Å². The molecule has 13 heteroatoms. The van der Waals surface area contributed by atoms with E-state index in [1.165, 1.54) is 6.33 Å². The summed E-state index contributed by atoms with van der Waals surface area (Å²) in [5, 5.41) is 6.20. The highest BCUT2D eigenvalue weighted by Gasteiger charge is 2.38. The molecule has 0 amide bonds. The highest BCUT2D eigenvalue weighted by Crippen LogP contribution is 2.42. The molecule has 0 radical (unpaired) electrons. The minimum absolute atomic E-state index is 0.178. The monoisotopic (exact) mass is 547 g/mol. The number of nitrogens with two attached hydrogens (primary N) is 1. The number of aromatic nitrogens is 4. The van der Waals surface area contributed by atoms with E-state index in [9.17, 15) is 9.36 Å². The number of anilines is 1. The molecule has 0 spiro atoms. The van der Waals surface area contributed by atoms with Gasteiger partial charge in [0.1, 0.15) is 29.5 Å². The lowest BCUT2D eigenvalue weighted by Gasteiger charge is -2.33. The Morgan fingerprint density at radius 2 is 1.89 bits per heavy atom. The maximum atomic E-state index is 14.2. The summed E-state index contributed by atoms with van der Waals surface area (Å²) < 4.78 is 32.7. The Balaban J connectivity index is 1.76. The van der Waals surface area contributed by atoms with Crippen molar-refractivity contribution in [2.24, 2.45) is 0 Å². The fraction of sp³-hybridized carbons (Fsp3) is 0.520. The molecule has 3 aromatic rings. The standard InChI is InChI=1S/C25H38N7O5P/c1-7-12-36-24(33)25(4,5)31-38(34,30-18(3)19-8-10-20(35-6)11-9-19)16-37-17(2)13-32-15-29-21-22(26)27-14-28-23(21)32/h8-11,14-15,17-18H,7,12-13,16H2,1-6H3,(H2,26,27,28)(H2,30,31,34)/t17-,18+,38?/m1/s1. The number of benzene rings is 1. The van der Waals surface area contributed by atoms with Crippen LogP contribution in [0.15, 0.2) is 36.9 Å². The predicted molar refractivity (Wildman–Crippen MR) is 146 cm³/mol. The summed E-state index contributed by atoms with van der Waals surface area (Å²) in [6.07, 6.45) is 3.13. The summed E-state index contributed by atoms with van der Waals surface area (Å²) in [7, 11) is -1.89. The molecule has 3 rings (SSSR count). The molecule has 208 valence electrons. The number of ether oxygens (including phenoxy) is 3. The van der Waals surface area contributed by atoms with Crippen LogP contribution in [-0.2, 0) is 25.4 Å². The molecule has 1 unspecified atom stereocenters. The Hall–Kier alpha value is -3.05. The number of carbonyl (C=O) groups is 1. The maximum Gasteiger partial charge on any atom is 0.326 e. The number of rotatable bonds is 14. The van der Waals surface area contributed by atoms with Crippen LogP contribution in [0.2, 0.25) is 0 Å². The summed E-state index contributed by atoms with van der Waals surface area (Å²) in [6, 6.07) is 7.13. The zero-order valence-electron chi connectivity index (χ0n) is 22.8. The van der Waals surface area contributed by atoms with E-state index in [0.717, 1.165) is 11.3 Å². The Labute approximate surface area is 223 Å². The second-order valence-corrected chi connectivity index (χ2v) is 11.9. The molecule has 0 fully saturated rings. The molecule has 38 heavy (non-hydrogen) atoms. The molecular weight excluding hydrogens is 509 g/mol. The van der Waals surface area contributed by atoms with Crippen LogP contribution < -0.4 is 20.6 Å². The Morgan fingerprint density at radius 3 is 2.55 bits per heavy atom. The quantitative estimate of drug-likeness (QED) is 0.200. The summed E-state index contributed by atoms with van der Waals surface area (Å²) in [6.45, 7) is 9.62. The zero-order valence-corrected chi connectivity index (χ0v) is 23.7. The number of esters is 1. The van der Waals surface area contributed by atoms with Crippen molar-refractivity contribution < 1.29 is 23.6 Å². The van der Waals surface area contributed by atoms with Gasteiger partial charge in [-0.15, -0.1) is 0 Å². The largest absolute Gasteiger partial charge is 0.497 e. The van der Waals surface area contributed by atoms with E-state index in [4.69, 9.17) is 19.9 Å². The molecule has 0 bridgehead atoms. The molecule has 2 aromatic heterocycles. The van der Waals surface area contributed by atoms with Crippen molar-refractivity contribution in [3.63, 3.8) is 0 Å². The lowest BCUT2D eigenvalue weighted by Crippen LogP contribution is -2.49. The van der Waals surface area contributed by atoms with Gasteiger partial charge in [0, 0.05) is 6.04 Å². The van der Waals surface area contributed by atoms with Gasteiger partial charge in [-0.25, -0.2) is 25.1 Å². The number of imidazole rings is 1. The Kier molecular flexibility index (Phi) is 9.83. The lowest BCUT2D eigenvalue weighted by atomic mass is 10.1. The van der Waals surface area contributed by atoms with Gasteiger partial charge >= 0.3 is 5.97 Å². The summed E-state index contributed by atoms with van der Waals surface area (Å²) in [5.41, 5.74) is 6.65. The van der Waals surface area contributed by atoms with Gasteiger partial charge in [0.05, 0.1) is 32.7 Å². The first-order valence-electron chi connectivity index (χ1n) is 12.5. The summed E-state index contributed by atoms with van der Waals surface area (Å²) in [5.74, 6) is 0.525. The first-order valence-corrected chi connectivity index (χ1v) is 14.4. The minimum atomic E-state index is -3.49. The number of methoxy groups -OCH3 is 1. The van der Waals surface area contributed by atoms with Crippen LogP contribution in [0.25, 0.3) is 11.2 Å². The van der Waals surface area contributed by atoms with Gasteiger partial charge in [-0.1, -0.05) is 19.1 Å². The number of nitrogens with zero attached hydrogens (tertiary/aromatic N) is 4. The maximum absolute atomic E-state index is 14.2. The number of nitrogen functional groups attached to an aromatic ring is 1. The molecule has 0 saturated heterocycles. The molecule has 0 aliphatic rings. The van der Waals surface area contributed by atoms with E-state index < -0.39 is 19.0 Å². The normalized spacial score (nSPS) is 15.1. The number of nitrogens with one attached hydrogen (secondary N) is 2. The van der Waals surface area contributed by atoms with Gasteiger partial charge in [0.2, 0.25) is 7.44 Å². The van der Waals surface area contributed by atoms with Crippen molar-refractivity contribution in [1.82, 2.24) is 29.7 Å². The second kappa shape index (κ2) is 12.7. The van der Waals surface area contributed by atoms with Crippen molar-refractivity contribution >= 4 is 30.4 Å². The van der Waals surface area contributed by atoms with Crippen LogP contribution in [0.4, 0.5) is 5.82 Å². The van der Waals surface area contributed by atoms with Gasteiger partial charge in [0.25, 0.3) is 0 Å². The third-order valence-corrected chi connectivity index (χ3v) is 8.09. The molecular formula is C25H38N7O5P. The molecule has 12 nitrogen and oxygen atoms in total. The van der Waals surface area contributed by atoms with Crippen molar-refractivity contribution in [3.8, 4) is 5.75 Å². The van der Waals surface area contributed by atoms with Crippen LogP contribution in [0, 0.1) is 0 Å². The summed E-state index contributed by atoms with van der Waals surface area (Å²) >= 11 is 0. The molecule has 1 aromatic carbocycles. The smallest absolute Gasteiger partial charge is 0.326 e. The number of hydrogen-bond acceptors (Lipinski definition) is 9. The van der Waals surface area contributed by atoms with Crippen molar-refractivity contribution in [2.75, 3.05) is 25.8 Å². The lowest BCUT2D eigenvalue weighted by molar-refractivity contribution is -0.149. The Bertz CT molecular complexity index is 1260. The van der Waals surface area contributed by atoms with Crippen molar-refractivity contribution in [2.45, 2.75) is 65.3 Å². The molecule has 0 aliphatic carbocycles. The zero-order chi connectivity index (χ0) is 27.9. The average molecular weight is 548 g/mol. The van der Waals surface area contributed by atoms with Crippen LogP contribution in [-0.4, -0.2) is 57.2 Å². The van der Waals surface area contributed by atoms with Gasteiger partial charge in [0.15, 0.2) is 11.5 Å². The third kappa shape index (κ3) is 7.50. The van der Waals surface area contributed by atoms with E-state index >= 15 is 0 Å². The highest BCUT2D eigenvalue weighted by atomic mass is 31.2. The molecule has 0 saturated carbocycles. The van der Waals surface area contributed by atoms with E-state index in [2.05, 4.69) is 25.1 Å². The van der Waals surface area contributed by atoms with E-state index in [1.54, 1.807) is 31.9 Å². The second-order valence-electron chi connectivity index (χ2n) is 9.67. The molecule has 2 heterocycles. The van der Waals surface area contributed by atoms with E-state index in [-0.39, 0.29) is 25.1 Å². The molecule has 0 aliphatic heterocycles. The molecule has 4 N–H and O–H groups in total. The first-order chi connectivity index (χ1) is 18.0. The van der Waals surface area contributed by atoms with Crippen molar-refractivity contribution in [3.05, 3.63) is 42.5 Å². The number of hydrogen-bond donors (Lipinski definition) is 3. The van der Waals surface area contributed by atoms with Gasteiger partial charge in [-0.2, -0.15) is 0 Å². The third-order valence-electron chi connectivity index (χ3n) is 5.85. The van der Waals surface area contributed by atoms with E-state index in [1.807, 2.05) is 45.0 Å². The fourth-order valence-corrected chi connectivity index (χ4v) is 6.29. The molecule has 3 atom stereocenters. The van der Waals surface area contributed by atoms with Crippen LogP contribution in [0.5, 0.6) is 5.75 Å². The van der Waals surface area contributed by atoms with Crippen molar-refractivity contribution in [1.29, 1.82) is 0 Å². The highest BCUT2D eigenvalue weighted by molar-refractivity contribution is 7.59. The number of carbonyl (C=O) groups excluding carboxylic acids is 1. The predicted octanol–water partition coefficient (Wildman–Crippen LogP) is 3.65. The fourth-order valence-electron chi connectivity index (χ4n) is 3.85. The van der Waals surface area contributed by atoms with Gasteiger partial charge in [-0.05, 0) is 51.8 Å². The summed E-state index contributed by atoms with van der Waals surface area (Å²) in [4.78, 5) is 25.2. The topological polar surface area (TPSA) is 156 Å². The van der Waals surface area contributed by atoms with Crippen LogP contribution in [0.1, 0.15) is 52.6 Å². The minimum Gasteiger partial charge on any atom is -0.497 e. The Morgan fingerprint density at radius 1 is 1.18 bits per heavy atom. The average Bonchev–Trinajstić information content (AvgIpc) is 3.29. The first kappa shape index (κ1) is 29.5. The van der Waals surface area contributed by atoms with E-state index in [0.29, 0.717) is 29.9 Å². The number of fused-ring (bicyclic) bond motifs is 1. The SMILES string of the molecule is CCCOC(=O)C(C)(C)NP(=O)(CO[C@H](C)Cn1cnc2c(N)ncnc21)N[C@@H](C)c1ccc(OC)cc1. The van der Waals surface area contributed by atoms with Gasteiger partial charge in [-0.3, -0.25) is 9.36 Å². The van der Waals surface area contributed by atoms with Gasteiger partial charge < -0.3 is 24.5 Å².